The van der Waals surface area contributed by atoms with Crippen LogP contribution in [0.3, 0.4) is 0 Å². The zero-order chi connectivity index (χ0) is 28.3. The smallest absolute Gasteiger partial charge is 0.296 e. The largest absolute Gasteiger partial charge is 0.491 e. The molecular formula is C31H24FN5O3S. The van der Waals surface area contributed by atoms with E-state index >= 15 is 0 Å². The van der Waals surface area contributed by atoms with E-state index in [-0.39, 0.29) is 22.8 Å². The zero-order valence-electron chi connectivity index (χ0n) is 22.0. The van der Waals surface area contributed by atoms with Crippen LogP contribution in [0.4, 0.5) is 4.39 Å². The molecule has 0 fully saturated rings. The van der Waals surface area contributed by atoms with Crippen molar-refractivity contribution in [1.29, 1.82) is 0 Å². The Labute approximate surface area is 237 Å². The van der Waals surface area contributed by atoms with Crippen molar-refractivity contribution in [3.63, 3.8) is 0 Å². The normalized spacial score (nSPS) is 11.8. The van der Waals surface area contributed by atoms with Crippen molar-refractivity contribution in [3.8, 4) is 22.7 Å². The van der Waals surface area contributed by atoms with Crippen LogP contribution in [0.1, 0.15) is 30.2 Å². The predicted molar refractivity (Wildman–Crippen MR) is 156 cm³/mol. The van der Waals surface area contributed by atoms with Gasteiger partial charge in [-0.15, -0.1) is 0 Å². The van der Waals surface area contributed by atoms with Crippen LogP contribution in [0, 0.1) is 5.82 Å². The van der Waals surface area contributed by atoms with Gasteiger partial charge in [0.25, 0.3) is 11.1 Å². The van der Waals surface area contributed by atoms with Gasteiger partial charge in [-0.1, -0.05) is 66.8 Å². The summed E-state index contributed by atoms with van der Waals surface area (Å²) in [6, 6.07) is 23.6. The first-order valence-electron chi connectivity index (χ1n) is 13.1. The number of halogens is 1. The molecule has 0 aliphatic rings. The highest BCUT2D eigenvalue weighted by Crippen LogP contribution is 2.28. The predicted octanol–water partition coefficient (Wildman–Crippen LogP) is 4.43. The molecular weight excluding hydrogens is 541 g/mol. The summed E-state index contributed by atoms with van der Waals surface area (Å²) in [5.41, 5.74) is 2.60. The second-order valence-corrected chi connectivity index (χ2v) is 10.4. The average molecular weight is 566 g/mol. The summed E-state index contributed by atoms with van der Waals surface area (Å²) in [5, 5.41) is 9.08. The van der Waals surface area contributed by atoms with E-state index in [2.05, 4.69) is 10.1 Å². The van der Waals surface area contributed by atoms with Gasteiger partial charge in [0.05, 0.1) is 16.8 Å². The maximum atomic E-state index is 14.9. The summed E-state index contributed by atoms with van der Waals surface area (Å²) in [6.45, 7) is 2.36. The molecule has 0 saturated heterocycles. The van der Waals surface area contributed by atoms with Crippen molar-refractivity contribution in [2.45, 2.75) is 19.8 Å². The Morgan fingerprint density at radius 3 is 2.46 bits per heavy atom. The summed E-state index contributed by atoms with van der Waals surface area (Å²) in [6.07, 6.45) is 4.48. The van der Waals surface area contributed by atoms with Crippen molar-refractivity contribution in [1.82, 2.24) is 24.4 Å². The molecule has 0 amide bonds. The standard InChI is InChI=1S/C31H24FN5O3S/c1-2-15-40-26-14-13-21(17-24(26)32)28-22(19-36(35-28)23-11-7-4-8-12-23)18-27-30(39)37-31(41-27)33-29(38)25(34-37)16-20-9-5-3-6-10-20/h3-14,17-19H,2,15-16H2,1H3. The van der Waals surface area contributed by atoms with Crippen LogP contribution in [0.25, 0.3) is 28.0 Å². The number of hydrogen-bond acceptors (Lipinski definition) is 7. The fraction of sp³-hybridized carbons (Fsp3) is 0.129. The highest BCUT2D eigenvalue weighted by Gasteiger charge is 2.16. The van der Waals surface area contributed by atoms with E-state index in [1.54, 1.807) is 29.1 Å². The van der Waals surface area contributed by atoms with Gasteiger partial charge in [0.15, 0.2) is 11.6 Å². The molecule has 0 spiro atoms. The lowest BCUT2D eigenvalue weighted by Gasteiger charge is -2.07. The van der Waals surface area contributed by atoms with Crippen LogP contribution in [0.2, 0.25) is 0 Å². The molecule has 3 heterocycles. The van der Waals surface area contributed by atoms with Gasteiger partial charge in [-0.25, -0.2) is 9.07 Å². The molecule has 0 saturated carbocycles. The number of ether oxygens (including phenoxy) is 1. The lowest BCUT2D eigenvalue weighted by atomic mass is 10.1. The van der Waals surface area contributed by atoms with Crippen LogP contribution >= 0.6 is 11.3 Å². The third kappa shape index (κ3) is 5.42. The molecule has 6 rings (SSSR count). The summed E-state index contributed by atoms with van der Waals surface area (Å²) in [5.74, 6) is -0.330. The summed E-state index contributed by atoms with van der Waals surface area (Å²) >= 11 is 1.06. The molecule has 0 N–H and O–H groups in total. The maximum absolute atomic E-state index is 14.9. The molecule has 0 atom stereocenters. The highest BCUT2D eigenvalue weighted by molar-refractivity contribution is 7.15. The van der Waals surface area contributed by atoms with E-state index < -0.39 is 16.9 Å². The van der Waals surface area contributed by atoms with E-state index in [1.807, 2.05) is 67.6 Å². The Morgan fingerprint density at radius 1 is 0.976 bits per heavy atom. The summed E-state index contributed by atoms with van der Waals surface area (Å²) in [4.78, 5) is 30.4. The number of thiazole rings is 1. The van der Waals surface area contributed by atoms with Crippen molar-refractivity contribution >= 4 is 22.4 Å². The number of benzene rings is 3. The highest BCUT2D eigenvalue weighted by atomic mass is 32.1. The van der Waals surface area contributed by atoms with E-state index in [1.165, 1.54) is 6.07 Å². The molecule has 3 aromatic heterocycles. The third-order valence-corrected chi connectivity index (χ3v) is 7.34. The molecule has 6 aromatic rings. The minimum Gasteiger partial charge on any atom is -0.491 e. The Morgan fingerprint density at radius 2 is 1.73 bits per heavy atom. The minimum absolute atomic E-state index is 0.170. The van der Waals surface area contributed by atoms with Crippen LogP contribution < -0.4 is 20.4 Å². The van der Waals surface area contributed by atoms with Gasteiger partial charge in [0, 0.05) is 23.7 Å². The van der Waals surface area contributed by atoms with Crippen LogP contribution in [0.15, 0.2) is 94.6 Å². The molecule has 0 bridgehead atoms. The van der Waals surface area contributed by atoms with Crippen molar-refractivity contribution < 1.29 is 9.13 Å². The van der Waals surface area contributed by atoms with E-state index in [4.69, 9.17) is 9.84 Å². The third-order valence-electron chi connectivity index (χ3n) is 6.38. The summed E-state index contributed by atoms with van der Waals surface area (Å²) in [7, 11) is 0. The maximum Gasteiger partial charge on any atom is 0.296 e. The first-order valence-corrected chi connectivity index (χ1v) is 13.9. The Bertz CT molecular complexity index is 2020. The van der Waals surface area contributed by atoms with Crippen molar-refractivity contribution in [3.05, 3.63) is 133 Å². The van der Waals surface area contributed by atoms with Crippen LogP contribution in [-0.2, 0) is 6.42 Å². The SMILES string of the molecule is CCCOc1ccc(-c2nn(-c3ccccc3)cc2C=c2sc3nc(=O)c(Cc4ccccc4)nn3c2=O)cc1F. The number of rotatable bonds is 8. The lowest BCUT2D eigenvalue weighted by molar-refractivity contribution is 0.301. The fourth-order valence-corrected chi connectivity index (χ4v) is 5.28. The second kappa shape index (κ2) is 11.3. The van der Waals surface area contributed by atoms with Gasteiger partial charge < -0.3 is 4.74 Å². The average Bonchev–Trinajstić information content (AvgIpc) is 3.54. The molecule has 3 aromatic carbocycles. The Hall–Kier alpha value is -4.96. The lowest BCUT2D eigenvalue weighted by Crippen LogP contribution is -2.28. The topological polar surface area (TPSA) is 91.4 Å². The number of para-hydroxylation sites is 1. The number of hydrogen-bond donors (Lipinski definition) is 0. The van der Waals surface area contributed by atoms with Gasteiger partial charge in [0.2, 0.25) is 4.96 Å². The summed E-state index contributed by atoms with van der Waals surface area (Å²) < 4.78 is 23.6. The Balaban J connectivity index is 1.47. The first kappa shape index (κ1) is 26.3. The first-order chi connectivity index (χ1) is 20.0. The van der Waals surface area contributed by atoms with Gasteiger partial charge >= 0.3 is 0 Å². The molecule has 8 nitrogen and oxygen atoms in total. The molecule has 10 heteroatoms. The number of fused-ring (bicyclic) bond motifs is 1. The molecule has 0 aliphatic heterocycles. The van der Waals surface area contributed by atoms with Gasteiger partial charge in [-0.2, -0.15) is 19.7 Å². The fourth-order valence-electron chi connectivity index (χ4n) is 4.39. The quantitative estimate of drug-likeness (QED) is 0.271. The van der Waals surface area contributed by atoms with Crippen LogP contribution in [0.5, 0.6) is 5.75 Å². The number of aromatic nitrogens is 5. The minimum atomic E-state index is -0.500. The monoisotopic (exact) mass is 565 g/mol. The van der Waals surface area contributed by atoms with E-state index in [0.717, 1.165) is 33.5 Å². The number of nitrogens with zero attached hydrogens (tertiary/aromatic N) is 5. The molecule has 41 heavy (non-hydrogen) atoms. The van der Waals surface area contributed by atoms with E-state index in [9.17, 15) is 14.0 Å². The second-order valence-electron chi connectivity index (χ2n) is 9.34. The van der Waals surface area contributed by atoms with Gasteiger partial charge in [-0.3, -0.25) is 9.59 Å². The zero-order valence-corrected chi connectivity index (χ0v) is 22.8. The van der Waals surface area contributed by atoms with Crippen LogP contribution in [-0.4, -0.2) is 31.0 Å². The molecule has 0 unspecified atom stereocenters. The van der Waals surface area contributed by atoms with Gasteiger partial charge in [0.1, 0.15) is 11.4 Å². The molecule has 0 radical (unpaired) electrons. The molecule has 204 valence electrons. The van der Waals surface area contributed by atoms with Crippen molar-refractivity contribution in [2.75, 3.05) is 6.61 Å². The van der Waals surface area contributed by atoms with E-state index in [0.29, 0.717) is 28.0 Å². The Kier molecular flexibility index (Phi) is 7.22. The van der Waals surface area contributed by atoms with Crippen molar-refractivity contribution in [2.24, 2.45) is 0 Å². The molecule has 0 aliphatic carbocycles. The van der Waals surface area contributed by atoms with Gasteiger partial charge in [-0.05, 0) is 48.4 Å².